The number of halogens is 3. The Morgan fingerprint density at radius 3 is 2.67 bits per heavy atom. The highest BCUT2D eigenvalue weighted by molar-refractivity contribution is 7.29. The van der Waals surface area contributed by atoms with Crippen LogP contribution in [-0.2, 0) is 23.8 Å². The number of aromatic nitrogens is 2. The molecule has 1 aromatic heterocycles. The minimum atomic E-state index is -2.42. The fourth-order valence-electron chi connectivity index (χ4n) is 2.22. The van der Waals surface area contributed by atoms with Crippen LogP contribution in [0.5, 0.6) is 0 Å². The van der Waals surface area contributed by atoms with Gasteiger partial charge in [-0.1, -0.05) is 11.6 Å². The van der Waals surface area contributed by atoms with Crippen LogP contribution in [0.15, 0.2) is 11.0 Å². The number of nitrogen functional groups attached to an aromatic ring is 1. The number of aliphatic hydroxyl groups is 1. The van der Waals surface area contributed by atoms with Crippen molar-refractivity contribution in [2.45, 2.75) is 50.1 Å². The van der Waals surface area contributed by atoms with E-state index < -0.39 is 62.2 Å². The summed E-state index contributed by atoms with van der Waals surface area (Å²) >= 11 is 6.14. The molecule has 172 valence electrons. The monoisotopic (exact) mass is 474 g/mol. The summed E-state index contributed by atoms with van der Waals surface area (Å²) in [4.78, 5) is 24.5. The predicted molar refractivity (Wildman–Crippen MR) is 108 cm³/mol. The number of carbonyl (C=O) groups excluding carboxylic acids is 1. The molecule has 0 aliphatic carbocycles. The number of anilines is 1. The zero-order valence-electron chi connectivity index (χ0n) is 16.9. The first-order chi connectivity index (χ1) is 14.0. The second kappa shape index (κ2) is 11.8. The number of alkyl halides is 2. The first-order valence-corrected chi connectivity index (χ1v) is 10.1. The van der Waals surface area contributed by atoms with Crippen molar-refractivity contribution in [2.75, 3.05) is 26.1 Å². The molecule has 0 saturated carbocycles. The van der Waals surface area contributed by atoms with Gasteiger partial charge in [0.2, 0.25) is 0 Å². The molecule has 0 amide bonds. The molecule has 30 heavy (non-hydrogen) atoms. The highest BCUT2D eigenvalue weighted by Gasteiger charge is 2.44. The fourth-order valence-corrected chi connectivity index (χ4v) is 3.10. The van der Waals surface area contributed by atoms with Crippen LogP contribution in [0.3, 0.4) is 0 Å². The van der Waals surface area contributed by atoms with Crippen molar-refractivity contribution >= 4 is 32.3 Å². The molecule has 14 heteroatoms. The van der Waals surface area contributed by atoms with Crippen molar-refractivity contribution in [3.63, 3.8) is 0 Å². The average molecular weight is 475 g/mol. The summed E-state index contributed by atoms with van der Waals surface area (Å²) in [7, 11) is 0.804. The Kier molecular flexibility index (Phi) is 10.5. The Labute approximate surface area is 178 Å². The minimum absolute atomic E-state index is 0.271. The maximum atomic E-state index is 13.8. The molecule has 0 aliphatic rings. The standard InChI is InChI=1S/C16H26ClF2N4O6P/c1-8(2)29-14(25)9(3)22-30-28-6-11(27-4)12(24)16(17,7-18)23-5-10(19)13(20)21-15(23)26/h5,8-9,11-12,22,24,30H,6-7H2,1-4H3,(H2,20,21,26). The number of aliphatic hydroxyl groups excluding tert-OH is 1. The Morgan fingerprint density at radius 1 is 1.50 bits per heavy atom. The summed E-state index contributed by atoms with van der Waals surface area (Å²) in [5, 5.41) is 13.3. The largest absolute Gasteiger partial charge is 0.462 e. The highest BCUT2D eigenvalue weighted by Crippen LogP contribution is 2.30. The topological polar surface area (TPSA) is 138 Å². The quantitative estimate of drug-likeness (QED) is 0.172. The third kappa shape index (κ3) is 6.79. The van der Waals surface area contributed by atoms with Gasteiger partial charge < -0.3 is 24.8 Å². The number of ether oxygens (including phenoxy) is 2. The lowest BCUT2D eigenvalue weighted by Gasteiger charge is -2.35. The number of methoxy groups -OCH3 is 1. The van der Waals surface area contributed by atoms with Crippen molar-refractivity contribution in [1.82, 2.24) is 14.6 Å². The molecular weight excluding hydrogens is 449 g/mol. The zero-order chi connectivity index (χ0) is 23.1. The van der Waals surface area contributed by atoms with Crippen LogP contribution in [0.1, 0.15) is 20.8 Å². The van der Waals surface area contributed by atoms with E-state index >= 15 is 0 Å². The zero-order valence-corrected chi connectivity index (χ0v) is 18.7. The number of nitrogens with zero attached hydrogens (tertiary/aromatic N) is 2. The van der Waals surface area contributed by atoms with Gasteiger partial charge in [-0.15, -0.1) is 0 Å². The summed E-state index contributed by atoms with van der Waals surface area (Å²) in [5.74, 6) is -2.27. The van der Waals surface area contributed by atoms with Crippen LogP contribution in [0.4, 0.5) is 14.6 Å². The van der Waals surface area contributed by atoms with Crippen LogP contribution >= 0.6 is 20.6 Å². The van der Waals surface area contributed by atoms with Gasteiger partial charge >= 0.3 is 11.7 Å². The summed E-state index contributed by atoms with van der Waals surface area (Å²) in [6, 6.07) is -0.656. The van der Waals surface area contributed by atoms with E-state index in [0.717, 1.165) is 0 Å². The fraction of sp³-hybridized carbons (Fsp3) is 0.688. The molecule has 0 bridgehead atoms. The van der Waals surface area contributed by atoms with E-state index in [0.29, 0.717) is 10.8 Å². The number of nitrogens with one attached hydrogen (secondary N) is 1. The molecule has 4 N–H and O–H groups in total. The minimum Gasteiger partial charge on any atom is -0.462 e. The molecule has 5 atom stereocenters. The van der Waals surface area contributed by atoms with E-state index in [4.69, 9.17) is 31.3 Å². The Hall–Kier alpha value is -1.43. The average Bonchev–Trinajstić information content (AvgIpc) is 2.69. The summed E-state index contributed by atoms with van der Waals surface area (Å²) < 4.78 is 43.4. The van der Waals surface area contributed by atoms with Crippen molar-refractivity contribution in [2.24, 2.45) is 0 Å². The lowest BCUT2D eigenvalue weighted by Crippen LogP contribution is -2.54. The van der Waals surface area contributed by atoms with Gasteiger partial charge in [-0.3, -0.25) is 14.4 Å². The SMILES string of the molecule is COC(COPNC(C)C(=O)OC(C)C)C(O)C(Cl)(CF)n1cc(F)c(N)nc1=O. The van der Waals surface area contributed by atoms with Crippen LogP contribution in [0, 0.1) is 5.82 Å². The molecule has 1 rings (SSSR count). The molecule has 0 radical (unpaired) electrons. The van der Waals surface area contributed by atoms with E-state index in [1.54, 1.807) is 20.8 Å². The van der Waals surface area contributed by atoms with Crippen molar-refractivity contribution in [1.29, 1.82) is 0 Å². The number of rotatable bonds is 12. The number of nitrogens with two attached hydrogens (primary N) is 1. The molecule has 0 saturated heterocycles. The summed E-state index contributed by atoms with van der Waals surface area (Å²) in [6.07, 6.45) is -2.77. The molecule has 1 aromatic rings. The van der Waals surface area contributed by atoms with Crippen LogP contribution < -0.4 is 16.5 Å². The molecule has 0 aliphatic heterocycles. The van der Waals surface area contributed by atoms with Crippen LogP contribution in [0.2, 0.25) is 0 Å². The smallest absolute Gasteiger partial charge is 0.351 e. The second-order valence-electron chi connectivity index (χ2n) is 6.56. The van der Waals surface area contributed by atoms with Gasteiger partial charge in [-0.05, 0) is 20.8 Å². The van der Waals surface area contributed by atoms with Gasteiger partial charge in [0.1, 0.15) is 24.9 Å². The lowest BCUT2D eigenvalue weighted by atomic mass is 10.1. The Balaban J connectivity index is 2.81. The van der Waals surface area contributed by atoms with Gasteiger partial charge in [0.25, 0.3) is 0 Å². The Bertz CT molecular complexity index is 774. The van der Waals surface area contributed by atoms with Crippen molar-refractivity contribution in [3.8, 4) is 0 Å². The van der Waals surface area contributed by atoms with Gasteiger partial charge in [0, 0.05) is 7.11 Å². The normalized spacial score (nSPS) is 17.1. The van der Waals surface area contributed by atoms with Crippen LogP contribution in [-0.4, -0.2) is 65.4 Å². The van der Waals surface area contributed by atoms with Gasteiger partial charge in [-0.25, -0.2) is 13.6 Å². The summed E-state index contributed by atoms with van der Waals surface area (Å²) in [5.41, 5.74) is 4.05. The molecule has 5 unspecified atom stereocenters. The van der Waals surface area contributed by atoms with Crippen molar-refractivity contribution < 1.29 is 32.7 Å². The molecular formula is C16H26ClF2N4O6P. The number of hydrogen-bond acceptors (Lipinski definition) is 9. The molecule has 0 spiro atoms. The number of esters is 1. The third-order valence-corrected chi connectivity index (χ3v) is 5.27. The maximum Gasteiger partial charge on any atom is 0.351 e. The molecule has 0 aromatic carbocycles. The predicted octanol–water partition coefficient (Wildman–Crippen LogP) is 0.656. The van der Waals surface area contributed by atoms with Crippen molar-refractivity contribution in [3.05, 3.63) is 22.5 Å². The number of hydrogen-bond donors (Lipinski definition) is 3. The van der Waals surface area contributed by atoms with E-state index in [1.807, 2.05) is 0 Å². The van der Waals surface area contributed by atoms with Crippen LogP contribution in [0.25, 0.3) is 0 Å². The third-order valence-electron chi connectivity index (χ3n) is 3.91. The van der Waals surface area contributed by atoms with E-state index in [1.165, 1.54) is 7.11 Å². The first kappa shape index (κ1) is 26.6. The Morgan fingerprint density at radius 2 is 2.13 bits per heavy atom. The molecule has 0 fully saturated rings. The maximum absolute atomic E-state index is 13.8. The summed E-state index contributed by atoms with van der Waals surface area (Å²) in [6.45, 7) is 3.25. The molecule has 10 nitrogen and oxygen atoms in total. The second-order valence-corrected chi connectivity index (χ2v) is 8.00. The molecule has 1 heterocycles. The van der Waals surface area contributed by atoms with Gasteiger partial charge in [0.15, 0.2) is 16.6 Å². The van der Waals surface area contributed by atoms with E-state index in [-0.39, 0.29) is 12.7 Å². The van der Waals surface area contributed by atoms with Gasteiger partial charge in [0.05, 0.1) is 27.9 Å². The lowest BCUT2D eigenvalue weighted by molar-refractivity contribution is -0.148. The first-order valence-electron chi connectivity index (χ1n) is 8.81. The number of carbonyl (C=O) groups is 1. The van der Waals surface area contributed by atoms with E-state index in [2.05, 4.69) is 10.1 Å². The van der Waals surface area contributed by atoms with E-state index in [9.17, 15) is 23.5 Å². The van der Waals surface area contributed by atoms with Gasteiger partial charge in [-0.2, -0.15) is 4.98 Å². The highest BCUT2D eigenvalue weighted by atomic mass is 35.5.